The minimum Gasteiger partial charge on any atom is -0.387 e. The first-order chi connectivity index (χ1) is 5.45. The molecule has 0 fully saturated rings. The Kier molecular flexibility index (Phi) is 4.95. The third-order valence-corrected chi connectivity index (χ3v) is 1.76. The Labute approximate surface area is 76.3 Å². The lowest BCUT2D eigenvalue weighted by molar-refractivity contribution is 0.368. The Hall–Kier alpha value is -0.530. The van der Waals surface area contributed by atoms with E-state index in [2.05, 4.69) is 25.8 Å². The molecule has 0 bridgehead atoms. The van der Waals surface area contributed by atoms with Gasteiger partial charge in [-0.3, -0.25) is 4.99 Å². The summed E-state index contributed by atoms with van der Waals surface area (Å²) in [6.45, 7) is 9.67. The van der Waals surface area contributed by atoms with Crippen molar-refractivity contribution in [1.29, 1.82) is 0 Å². The highest BCUT2D eigenvalue weighted by Crippen LogP contribution is 2.20. The van der Waals surface area contributed by atoms with Crippen molar-refractivity contribution < 1.29 is 0 Å². The van der Waals surface area contributed by atoms with Gasteiger partial charge in [-0.15, -0.1) is 0 Å². The molecule has 12 heavy (non-hydrogen) atoms. The van der Waals surface area contributed by atoms with Crippen LogP contribution in [0, 0.1) is 5.41 Å². The quantitative estimate of drug-likeness (QED) is 0.393. The fraction of sp³-hybridized carbons (Fsp3) is 0.900. The Morgan fingerprint density at radius 1 is 1.33 bits per heavy atom. The van der Waals surface area contributed by atoms with E-state index in [1.165, 1.54) is 6.42 Å². The van der Waals surface area contributed by atoms with Gasteiger partial charge in [0.1, 0.15) is 0 Å². The molecular weight excluding hydrogens is 148 g/mol. The van der Waals surface area contributed by atoms with Crippen molar-refractivity contribution in [1.82, 2.24) is 0 Å². The third kappa shape index (κ3) is 7.58. The standard InChI is InChI=1S/C10H22N2/c1-5-9(11)12-8-6-7-10(2,3)4/h5-8H2,1-4H3,(H2,11,12). The molecule has 0 saturated carbocycles. The Morgan fingerprint density at radius 3 is 2.33 bits per heavy atom. The van der Waals surface area contributed by atoms with Gasteiger partial charge in [-0.25, -0.2) is 0 Å². The number of hydrogen-bond acceptors (Lipinski definition) is 1. The fourth-order valence-electron chi connectivity index (χ4n) is 0.944. The van der Waals surface area contributed by atoms with Gasteiger partial charge in [0.25, 0.3) is 0 Å². The molecule has 0 rings (SSSR count). The van der Waals surface area contributed by atoms with Gasteiger partial charge in [-0.1, -0.05) is 27.7 Å². The summed E-state index contributed by atoms with van der Waals surface area (Å²) in [7, 11) is 0. The lowest BCUT2D eigenvalue weighted by Crippen LogP contribution is -2.11. The van der Waals surface area contributed by atoms with Gasteiger partial charge in [0.2, 0.25) is 0 Å². The number of nitrogens with two attached hydrogens (primary N) is 1. The van der Waals surface area contributed by atoms with E-state index in [-0.39, 0.29) is 0 Å². The second-order valence-electron chi connectivity index (χ2n) is 4.39. The first kappa shape index (κ1) is 11.5. The molecule has 0 unspecified atom stereocenters. The van der Waals surface area contributed by atoms with E-state index in [4.69, 9.17) is 5.73 Å². The van der Waals surface area contributed by atoms with Gasteiger partial charge in [0, 0.05) is 13.0 Å². The van der Waals surface area contributed by atoms with Crippen LogP contribution in [0.15, 0.2) is 4.99 Å². The van der Waals surface area contributed by atoms with Gasteiger partial charge in [0.15, 0.2) is 0 Å². The van der Waals surface area contributed by atoms with Crippen molar-refractivity contribution in [2.75, 3.05) is 6.54 Å². The molecule has 0 aromatic rings. The topological polar surface area (TPSA) is 38.4 Å². The molecule has 0 atom stereocenters. The molecule has 0 saturated heterocycles. The van der Waals surface area contributed by atoms with Crippen LogP contribution in [-0.2, 0) is 0 Å². The molecule has 2 N–H and O–H groups in total. The van der Waals surface area contributed by atoms with E-state index in [9.17, 15) is 0 Å². The molecule has 0 amide bonds. The molecule has 2 heteroatoms. The summed E-state index contributed by atoms with van der Waals surface area (Å²) < 4.78 is 0. The average molecular weight is 170 g/mol. The highest BCUT2D eigenvalue weighted by molar-refractivity contribution is 5.79. The average Bonchev–Trinajstić information content (AvgIpc) is 1.96. The van der Waals surface area contributed by atoms with Gasteiger partial charge in [-0.05, 0) is 18.3 Å². The normalized spacial score (nSPS) is 13.5. The van der Waals surface area contributed by atoms with Crippen molar-refractivity contribution >= 4 is 5.84 Å². The zero-order valence-electron chi connectivity index (χ0n) is 8.85. The maximum absolute atomic E-state index is 5.57. The summed E-state index contributed by atoms with van der Waals surface area (Å²) in [6.07, 6.45) is 3.23. The zero-order valence-corrected chi connectivity index (χ0v) is 8.85. The maximum atomic E-state index is 5.57. The van der Waals surface area contributed by atoms with Crippen molar-refractivity contribution in [3.8, 4) is 0 Å². The Balaban J connectivity index is 3.45. The van der Waals surface area contributed by atoms with Gasteiger partial charge < -0.3 is 5.73 Å². The molecule has 72 valence electrons. The van der Waals surface area contributed by atoms with E-state index < -0.39 is 0 Å². The Morgan fingerprint density at radius 2 is 1.92 bits per heavy atom. The predicted molar refractivity (Wildman–Crippen MR) is 55.5 cm³/mol. The highest BCUT2D eigenvalue weighted by Gasteiger charge is 2.08. The summed E-state index contributed by atoms with van der Waals surface area (Å²) in [4.78, 5) is 4.24. The number of hydrogen-bond donors (Lipinski definition) is 1. The molecule has 0 aromatic carbocycles. The predicted octanol–water partition coefficient (Wildman–Crippen LogP) is 2.58. The molecule has 0 aliphatic carbocycles. The lowest BCUT2D eigenvalue weighted by Gasteiger charge is -2.16. The summed E-state index contributed by atoms with van der Waals surface area (Å²) in [5.41, 5.74) is 6.00. The van der Waals surface area contributed by atoms with Crippen molar-refractivity contribution in [3.05, 3.63) is 0 Å². The minimum absolute atomic E-state index is 0.427. The lowest BCUT2D eigenvalue weighted by atomic mass is 9.91. The molecule has 0 aliphatic heterocycles. The second-order valence-corrected chi connectivity index (χ2v) is 4.39. The molecule has 0 aliphatic rings. The minimum atomic E-state index is 0.427. The molecule has 0 radical (unpaired) electrons. The molecule has 0 aromatic heterocycles. The van der Waals surface area contributed by atoms with Gasteiger partial charge in [0.05, 0.1) is 5.84 Å². The second kappa shape index (κ2) is 5.18. The summed E-state index contributed by atoms with van der Waals surface area (Å²) in [5.74, 6) is 0.781. The monoisotopic (exact) mass is 170 g/mol. The highest BCUT2D eigenvalue weighted by atomic mass is 14.8. The molecular formula is C10H22N2. The van der Waals surface area contributed by atoms with Crippen molar-refractivity contribution in [2.24, 2.45) is 16.1 Å². The van der Waals surface area contributed by atoms with E-state index >= 15 is 0 Å². The molecule has 0 spiro atoms. The SMILES string of the molecule is CCC(N)=NCCCC(C)(C)C. The van der Waals surface area contributed by atoms with Crippen LogP contribution in [-0.4, -0.2) is 12.4 Å². The van der Waals surface area contributed by atoms with E-state index in [0.717, 1.165) is 25.2 Å². The third-order valence-electron chi connectivity index (χ3n) is 1.76. The first-order valence-electron chi connectivity index (χ1n) is 4.74. The summed E-state index contributed by atoms with van der Waals surface area (Å²) in [5, 5.41) is 0. The number of rotatable bonds is 4. The van der Waals surface area contributed by atoms with Crippen LogP contribution in [0.1, 0.15) is 47.0 Å². The van der Waals surface area contributed by atoms with Crippen molar-refractivity contribution in [3.63, 3.8) is 0 Å². The smallest absolute Gasteiger partial charge is 0.0934 e. The summed E-state index contributed by atoms with van der Waals surface area (Å²) >= 11 is 0. The summed E-state index contributed by atoms with van der Waals surface area (Å²) in [6, 6.07) is 0. The van der Waals surface area contributed by atoms with Crippen LogP contribution < -0.4 is 5.73 Å². The fourth-order valence-corrected chi connectivity index (χ4v) is 0.944. The largest absolute Gasteiger partial charge is 0.387 e. The molecule has 0 heterocycles. The number of amidine groups is 1. The number of nitrogens with zero attached hydrogens (tertiary/aromatic N) is 1. The van der Waals surface area contributed by atoms with Crippen LogP contribution in [0.2, 0.25) is 0 Å². The zero-order chi connectivity index (χ0) is 9.61. The molecule has 2 nitrogen and oxygen atoms in total. The van der Waals surface area contributed by atoms with Crippen LogP contribution in [0.4, 0.5) is 0 Å². The maximum Gasteiger partial charge on any atom is 0.0934 e. The van der Waals surface area contributed by atoms with Crippen LogP contribution in [0.5, 0.6) is 0 Å². The van der Waals surface area contributed by atoms with E-state index in [1.54, 1.807) is 0 Å². The van der Waals surface area contributed by atoms with Crippen LogP contribution in [0.3, 0.4) is 0 Å². The Bertz CT molecular complexity index is 142. The first-order valence-corrected chi connectivity index (χ1v) is 4.74. The van der Waals surface area contributed by atoms with Crippen LogP contribution in [0.25, 0.3) is 0 Å². The van der Waals surface area contributed by atoms with Crippen LogP contribution >= 0.6 is 0 Å². The van der Waals surface area contributed by atoms with E-state index in [0.29, 0.717) is 5.41 Å². The van der Waals surface area contributed by atoms with Gasteiger partial charge >= 0.3 is 0 Å². The van der Waals surface area contributed by atoms with E-state index in [1.807, 2.05) is 6.92 Å². The van der Waals surface area contributed by atoms with Crippen molar-refractivity contribution in [2.45, 2.75) is 47.0 Å². The number of aliphatic imine (C=N–C) groups is 1. The van der Waals surface area contributed by atoms with Gasteiger partial charge in [-0.2, -0.15) is 0 Å².